The van der Waals surface area contributed by atoms with Crippen LogP contribution >= 0.6 is 0 Å². The van der Waals surface area contributed by atoms with E-state index in [0.717, 1.165) is 11.8 Å². The predicted octanol–water partition coefficient (Wildman–Crippen LogP) is 4.79. The van der Waals surface area contributed by atoms with Crippen molar-refractivity contribution >= 4 is 29.3 Å². The third-order valence-electron chi connectivity index (χ3n) is 7.00. The molecule has 1 heterocycles. The summed E-state index contributed by atoms with van der Waals surface area (Å²) in [5, 5.41) is 25.4. The monoisotopic (exact) mass is 469 g/mol. The number of nitro benzene ring substituents is 2. The number of hydrogen-bond donors (Lipinski definition) is 1. The summed E-state index contributed by atoms with van der Waals surface area (Å²) in [5.74, 6) is -1.47. The van der Waals surface area contributed by atoms with Gasteiger partial charge in [0.15, 0.2) is 0 Å². The van der Waals surface area contributed by atoms with E-state index >= 15 is 0 Å². The van der Waals surface area contributed by atoms with Crippen molar-refractivity contribution in [2.75, 3.05) is 5.32 Å². The third kappa shape index (κ3) is 3.31. The Labute approximate surface area is 199 Å². The fourth-order valence-electron chi connectivity index (χ4n) is 5.54. The molecule has 3 unspecified atom stereocenters. The molecule has 2 aliphatic rings. The van der Waals surface area contributed by atoms with Crippen LogP contribution in [0.1, 0.15) is 34.9 Å². The van der Waals surface area contributed by atoms with Crippen molar-refractivity contribution in [3.05, 3.63) is 121 Å². The molecule has 9 heteroatoms. The number of non-ortho nitro benzene ring substituents is 2. The zero-order valence-electron chi connectivity index (χ0n) is 18.3. The second-order valence-electron chi connectivity index (χ2n) is 8.61. The minimum atomic E-state index is -1.24. The first-order valence-corrected chi connectivity index (χ1v) is 10.9. The number of anilines is 1. The molecule has 0 saturated carbocycles. The number of nitrogens with zero attached hydrogens (tertiary/aromatic N) is 2. The first-order chi connectivity index (χ1) is 16.9. The first-order valence-electron chi connectivity index (χ1n) is 10.9. The van der Waals surface area contributed by atoms with E-state index in [2.05, 4.69) is 5.32 Å². The van der Waals surface area contributed by atoms with Gasteiger partial charge >= 0.3 is 0 Å². The molecule has 0 aromatic heterocycles. The highest BCUT2D eigenvalue weighted by Gasteiger charge is 2.60. The van der Waals surface area contributed by atoms with Gasteiger partial charge in [0, 0.05) is 41.8 Å². The number of nitrogens with one attached hydrogen (secondary N) is 1. The van der Waals surface area contributed by atoms with E-state index in [-0.39, 0.29) is 17.3 Å². The molecule has 174 valence electrons. The smallest absolute Gasteiger partial charge is 0.269 e. The van der Waals surface area contributed by atoms with E-state index in [1.807, 2.05) is 12.1 Å². The van der Waals surface area contributed by atoms with Gasteiger partial charge in [-0.3, -0.25) is 29.8 Å². The lowest BCUT2D eigenvalue weighted by atomic mass is 9.54. The number of carbonyl (C=O) groups is 2. The van der Waals surface area contributed by atoms with Gasteiger partial charge in [0.05, 0.1) is 15.3 Å². The van der Waals surface area contributed by atoms with Crippen molar-refractivity contribution in [2.24, 2.45) is 0 Å². The van der Waals surface area contributed by atoms with Crippen LogP contribution < -0.4 is 5.32 Å². The molecular weight excluding hydrogens is 450 g/mol. The summed E-state index contributed by atoms with van der Waals surface area (Å²) >= 11 is 0. The van der Waals surface area contributed by atoms with Gasteiger partial charge in [-0.1, -0.05) is 48.5 Å². The Kier molecular flexibility index (Phi) is 5.24. The Morgan fingerprint density at radius 3 is 2.00 bits per heavy atom. The van der Waals surface area contributed by atoms with Gasteiger partial charge in [0.25, 0.3) is 11.4 Å². The van der Waals surface area contributed by atoms with Crippen molar-refractivity contribution < 1.29 is 19.4 Å². The molecule has 0 bridgehead atoms. The summed E-state index contributed by atoms with van der Waals surface area (Å²) in [4.78, 5) is 47.6. The Morgan fingerprint density at radius 2 is 1.43 bits per heavy atom. The molecule has 1 aliphatic carbocycles. The van der Waals surface area contributed by atoms with Crippen molar-refractivity contribution in [1.82, 2.24) is 0 Å². The Morgan fingerprint density at radius 1 is 0.857 bits per heavy atom. The molecule has 5 rings (SSSR count). The van der Waals surface area contributed by atoms with Crippen molar-refractivity contribution in [1.29, 1.82) is 0 Å². The molecule has 3 aromatic carbocycles. The van der Waals surface area contributed by atoms with E-state index in [9.17, 15) is 29.8 Å². The summed E-state index contributed by atoms with van der Waals surface area (Å²) in [7, 11) is 0. The minimum Gasteiger partial charge on any atom is -0.325 e. The number of rotatable bonds is 5. The molecule has 1 spiro atoms. The maximum Gasteiger partial charge on any atom is 0.269 e. The molecular formula is C26H19N3O6. The molecule has 0 saturated heterocycles. The highest BCUT2D eigenvalue weighted by Crippen LogP contribution is 2.60. The maximum atomic E-state index is 13.9. The molecule has 1 aliphatic heterocycles. The van der Waals surface area contributed by atoms with Gasteiger partial charge in [0.1, 0.15) is 6.29 Å². The van der Waals surface area contributed by atoms with Crippen molar-refractivity contribution in [3.8, 4) is 0 Å². The van der Waals surface area contributed by atoms with Crippen LogP contribution in [-0.2, 0) is 15.0 Å². The topological polar surface area (TPSA) is 132 Å². The second-order valence-corrected chi connectivity index (χ2v) is 8.61. The van der Waals surface area contributed by atoms with E-state index < -0.39 is 27.1 Å². The molecule has 0 radical (unpaired) electrons. The number of hydrogen-bond acceptors (Lipinski definition) is 6. The molecule has 1 amide bonds. The number of aldehydes is 1. The second kappa shape index (κ2) is 8.28. The zero-order valence-corrected chi connectivity index (χ0v) is 18.3. The highest BCUT2D eigenvalue weighted by molar-refractivity contribution is 6.09. The highest BCUT2D eigenvalue weighted by atomic mass is 16.6. The molecule has 3 atom stereocenters. The average Bonchev–Trinajstić information content (AvgIpc) is 3.15. The minimum absolute atomic E-state index is 0.0640. The lowest BCUT2D eigenvalue weighted by molar-refractivity contribution is -0.385. The Bertz CT molecular complexity index is 1400. The zero-order chi connectivity index (χ0) is 24.7. The van der Waals surface area contributed by atoms with Gasteiger partial charge in [-0.15, -0.1) is 0 Å². The summed E-state index contributed by atoms with van der Waals surface area (Å²) in [6, 6.07) is 19.2. The normalized spacial score (nSPS) is 22.7. The number of benzene rings is 3. The van der Waals surface area contributed by atoms with Crippen LogP contribution in [0.25, 0.3) is 0 Å². The number of allylic oxidation sites excluding steroid dienone is 2. The van der Waals surface area contributed by atoms with E-state index in [1.165, 1.54) is 24.3 Å². The lowest BCUT2D eigenvalue weighted by Crippen LogP contribution is -2.48. The molecule has 1 N–H and O–H groups in total. The number of amides is 1. The van der Waals surface area contributed by atoms with Crippen LogP contribution in [0.5, 0.6) is 0 Å². The summed E-state index contributed by atoms with van der Waals surface area (Å²) < 4.78 is 0. The maximum absolute atomic E-state index is 13.9. The molecule has 0 fully saturated rings. The number of carbonyl (C=O) groups excluding carboxylic acids is 2. The third-order valence-corrected chi connectivity index (χ3v) is 7.00. The van der Waals surface area contributed by atoms with Crippen LogP contribution in [0.4, 0.5) is 17.1 Å². The largest absolute Gasteiger partial charge is 0.325 e. The van der Waals surface area contributed by atoms with Gasteiger partial charge in [0.2, 0.25) is 5.91 Å². The van der Waals surface area contributed by atoms with Gasteiger partial charge in [-0.25, -0.2) is 0 Å². The number of nitro groups is 2. The summed E-state index contributed by atoms with van der Waals surface area (Å²) in [6.45, 7) is 0. The van der Waals surface area contributed by atoms with Crippen LogP contribution in [0.3, 0.4) is 0 Å². The summed E-state index contributed by atoms with van der Waals surface area (Å²) in [5.41, 5.74) is 1.65. The number of fused-ring (bicyclic) bond motifs is 2. The predicted molar refractivity (Wildman–Crippen MR) is 127 cm³/mol. The van der Waals surface area contributed by atoms with Crippen LogP contribution in [0.2, 0.25) is 0 Å². The van der Waals surface area contributed by atoms with E-state index in [4.69, 9.17) is 0 Å². The number of para-hydroxylation sites is 1. The summed E-state index contributed by atoms with van der Waals surface area (Å²) in [6.07, 6.45) is 2.87. The van der Waals surface area contributed by atoms with Crippen molar-refractivity contribution in [2.45, 2.75) is 23.7 Å². The SMILES string of the molecule is O=CC1=CCC(c2ccc([N+](=O)[O-])cc2)C2(C(=O)Nc3ccccc32)C1c1ccc([N+](=O)[O-])cc1. The molecule has 35 heavy (non-hydrogen) atoms. The fraction of sp³-hybridized carbons (Fsp3) is 0.154. The standard InChI is InChI=1S/C26H19N3O6/c30-15-18-9-14-21(16-5-10-19(11-6-16)28(32)33)26(22-3-1-2-4-23(22)27-25(26)31)24(18)17-7-12-20(13-8-17)29(34)35/h1-13,15,21,24H,14H2,(H,27,31). The fourth-order valence-corrected chi connectivity index (χ4v) is 5.54. The molecule has 3 aromatic rings. The quantitative estimate of drug-likeness (QED) is 0.325. The van der Waals surface area contributed by atoms with Crippen molar-refractivity contribution in [3.63, 3.8) is 0 Å². The van der Waals surface area contributed by atoms with E-state index in [1.54, 1.807) is 42.5 Å². The van der Waals surface area contributed by atoms with Gasteiger partial charge in [-0.05, 0) is 34.8 Å². The Balaban J connectivity index is 1.77. The lowest BCUT2D eigenvalue weighted by Gasteiger charge is -2.45. The Hall–Kier alpha value is -4.66. The van der Waals surface area contributed by atoms with E-state index in [0.29, 0.717) is 28.8 Å². The average molecular weight is 469 g/mol. The van der Waals surface area contributed by atoms with Crippen LogP contribution in [-0.4, -0.2) is 22.0 Å². The first kappa shape index (κ1) is 22.1. The van der Waals surface area contributed by atoms with Crippen LogP contribution in [0.15, 0.2) is 84.4 Å². The molecule has 9 nitrogen and oxygen atoms in total. The van der Waals surface area contributed by atoms with Crippen LogP contribution in [0, 0.1) is 20.2 Å². The van der Waals surface area contributed by atoms with Gasteiger partial charge < -0.3 is 5.32 Å². The van der Waals surface area contributed by atoms with Gasteiger partial charge in [-0.2, -0.15) is 0 Å².